The average Bonchev–Trinajstić information content (AvgIpc) is 2.52. The number of likely N-dealkylation sites (N-methyl/N-ethyl adjacent to an activating group) is 1. The minimum absolute atomic E-state index is 0.246. The van der Waals surface area contributed by atoms with Gasteiger partial charge in [0.05, 0.1) is 6.10 Å². The number of aryl methyl sites for hydroxylation is 1. The van der Waals surface area contributed by atoms with Crippen LogP contribution in [0.3, 0.4) is 0 Å². The van der Waals surface area contributed by atoms with Gasteiger partial charge in [-0.25, -0.2) is 4.39 Å². The third-order valence-corrected chi connectivity index (χ3v) is 4.11. The van der Waals surface area contributed by atoms with Gasteiger partial charge in [-0.05, 0) is 58.5 Å². The first-order valence-electron chi connectivity index (χ1n) is 7.33. The standard InChI is InChI=1S/C16H25FN2O/c1-11-8-16(14(13(3)20)9-15(11)17)19-7-5-6-18(4)10-12(19)2/h8-9,12-13,20H,5-7,10H2,1-4H3. The molecule has 0 aromatic heterocycles. The van der Waals surface area contributed by atoms with Crippen molar-refractivity contribution in [3.8, 4) is 0 Å². The van der Waals surface area contributed by atoms with Gasteiger partial charge in [0.15, 0.2) is 0 Å². The zero-order valence-corrected chi connectivity index (χ0v) is 12.9. The lowest BCUT2D eigenvalue weighted by Gasteiger charge is -2.33. The Balaban J connectivity index is 2.42. The fourth-order valence-corrected chi connectivity index (χ4v) is 3.00. The maximum Gasteiger partial charge on any atom is 0.126 e. The van der Waals surface area contributed by atoms with E-state index in [0.29, 0.717) is 17.2 Å². The molecule has 1 aromatic rings. The highest BCUT2D eigenvalue weighted by molar-refractivity contribution is 5.57. The molecule has 0 radical (unpaired) electrons. The maximum absolute atomic E-state index is 13.8. The lowest BCUT2D eigenvalue weighted by molar-refractivity contribution is 0.199. The van der Waals surface area contributed by atoms with Crippen molar-refractivity contribution in [1.29, 1.82) is 0 Å². The fourth-order valence-electron chi connectivity index (χ4n) is 3.00. The summed E-state index contributed by atoms with van der Waals surface area (Å²) in [6.07, 6.45) is 0.421. The molecule has 4 heteroatoms. The lowest BCUT2D eigenvalue weighted by atomic mass is 10.0. The predicted molar refractivity (Wildman–Crippen MR) is 80.7 cm³/mol. The molecule has 1 aromatic carbocycles. The van der Waals surface area contributed by atoms with Gasteiger partial charge < -0.3 is 14.9 Å². The van der Waals surface area contributed by atoms with Gasteiger partial charge in [-0.1, -0.05) is 0 Å². The third-order valence-electron chi connectivity index (χ3n) is 4.11. The molecule has 3 nitrogen and oxygen atoms in total. The van der Waals surface area contributed by atoms with Crippen LogP contribution in [-0.2, 0) is 0 Å². The van der Waals surface area contributed by atoms with E-state index >= 15 is 0 Å². The minimum atomic E-state index is -0.659. The Hall–Kier alpha value is -1.13. The normalized spacial score (nSPS) is 22.7. The summed E-state index contributed by atoms with van der Waals surface area (Å²) in [6, 6.07) is 3.71. The molecular formula is C16H25FN2O. The number of aliphatic hydroxyl groups is 1. The van der Waals surface area contributed by atoms with Gasteiger partial charge in [-0.3, -0.25) is 0 Å². The first-order valence-corrected chi connectivity index (χ1v) is 7.33. The molecular weight excluding hydrogens is 255 g/mol. The van der Waals surface area contributed by atoms with Crippen molar-refractivity contribution in [2.45, 2.75) is 39.3 Å². The Morgan fingerprint density at radius 1 is 1.35 bits per heavy atom. The summed E-state index contributed by atoms with van der Waals surface area (Å²) in [5, 5.41) is 9.96. The summed E-state index contributed by atoms with van der Waals surface area (Å²) in [5.41, 5.74) is 2.29. The lowest BCUT2D eigenvalue weighted by Crippen LogP contribution is -2.38. The van der Waals surface area contributed by atoms with Crippen molar-refractivity contribution in [2.75, 3.05) is 31.6 Å². The van der Waals surface area contributed by atoms with Crippen LogP contribution in [0.4, 0.5) is 10.1 Å². The number of aliphatic hydroxyl groups excluding tert-OH is 1. The van der Waals surface area contributed by atoms with E-state index in [9.17, 15) is 9.50 Å². The highest BCUT2D eigenvalue weighted by Crippen LogP contribution is 2.31. The zero-order chi connectivity index (χ0) is 14.9. The summed E-state index contributed by atoms with van der Waals surface area (Å²) >= 11 is 0. The molecule has 2 rings (SSSR count). The van der Waals surface area contributed by atoms with Crippen LogP contribution in [0.5, 0.6) is 0 Å². The van der Waals surface area contributed by atoms with Crippen molar-refractivity contribution in [3.63, 3.8) is 0 Å². The molecule has 1 fully saturated rings. The second-order valence-corrected chi connectivity index (χ2v) is 5.99. The Labute approximate surface area is 121 Å². The van der Waals surface area contributed by atoms with Crippen LogP contribution in [0.2, 0.25) is 0 Å². The van der Waals surface area contributed by atoms with E-state index in [1.54, 1.807) is 13.8 Å². The van der Waals surface area contributed by atoms with Crippen LogP contribution in [0.25, 0.3) is 0 Å². The van der Waals surface area contributed by atoms with Crippen LogP contribution in [0.15, 0.2) is 12.1 Å². The molecule has 0 aliphatic carbocycles. The Morgan fingerprint density at radius 3 is 2.70 bits per heavy atom. The quantitative estimate of drug-likeness (QED) is 0.902. The van der Waals surface area contributed by atoms with Crippen LogP contribution in [-0.4, -0.2) is 42.7 Å². The zero-order valence-electron chi connectivity index (χ0n) is 12.9. The van der Waals surface area contributed by atoms with E-state index in [1.807, 2.05) is 6.07 Å². The number of hydrogen-bond donors (Lipinski definition) is 1. The van der Waals surface area contributed by atoms with Crippen LogP contribution >= 0.6 is 0 Å². The molecule has 1 aliphatic heterocycles. The first kappa shape index (κ1) is 15.3. The molecule has 0 saturated carbocycles. The molecule has 1 saturated heterocycles. The first-order chi connectivity index (χ1) is 9.40. The van der Waals surface area contributed by atoms with Gasteiger partial charge in [0.1, 0.15) is 5.82 Å². The average molecular weight is 280 g/mol. The molecule has 0 amide bonds. The van der Waals surface area contributed by atoms with Crippen LogP contribution in [0, 0.1) is 12.7 Å². The number of halogens is 1. The predicted octanol–water partition coefficient (Wildman–Crippen LogP) is 2.72. The van der Waals surface area contributed by atoms with Gasteiger partial charge in [0.2, 0.25) is 0 Å². The molecule has 0 bridgehead atoms. The van der Waals surface area contributed by atoms with Crippen molar-refractivity contribution >= 4 is 5.69 Å². The van der Waals surface area contributed by atoms with E-state index in [0.717, 1.165) is 31.7 Å². The van der Waals surface area contributed by atoms with E-state index in [4.69, 9.17) is 0 Å². The van der Waals surface area contributed by atoms with Crippen LogP contribution in [0.1, 0.15) is 37.5 Å². The van der Waals surface area contributed by atoms with Gasteiger partial charge in [0.25, 0.3) is 0 Å². The van der Waals surface area contributed by atoms with Crippen molar-refractivity contribution in [1.82, 2.24) is 4.90 Å². The van der Waals surface area contributed by atoms with E-state index in [-0.39, 0.29) is 5.82 Å². The van der Waals surface area contributed by atoms with E-state index in [1.165, 1.54) is 6.07 Å². The van der Waals surface area contributed by atoms with Gasteiger partial charge >= 0.3 is 0 Å². The molecule has 112 valence electrons. The molecule has 1 aliphatic rings. The SMILES string of the molecule is Cc1cc(N2CCCN(C)CC2C)c(C(C)O)cc1F. The Kier molecular flexibility index (Phi) is 4.66. The molecule has 1 N–H and O–H groups in total. The molecule has 1 heterocycles. The minimum Gasteiger partial charge on any atom is -0.389 e. The Morgan fingerprint density at radius 2 is 2.05 bits per heavy atom. The molecule has 2 unspecified atom stereocenters. The summed E-state index contributed by atoms with van der Waals surface area (Å²) < 4.78 is 13.8. The summed E-state index contributed by atoms with van der Waals surface area (Å²) in [6.45, 7) is 8.66. The molecule has 2 atom stereocenters. The summed E-state index contributed by atoms with van der Waals surface area (Å²) in [5.74, 6) is -0.246. The topological polar surface area (TPSA) is 26.7 Å². The number of rotatable bonds is 2. The Bertz CT molecular complexity index is 476. The van der Waals surface area contributed by atoms with Gasteiger partial charge in [-0.15, -0.1) is 0 Å². The monoisotopic (exact) mass is 280 g/mol. The fraction of sp³-hybridized carbons (Fsp3) is 0.625. The van der Waals surface area contributed by atoms with E-state index in [2.05, 4.69) is 23.8 Å². The molecule has 0 spiro atoms. The van der Waals surface area contributed by atoms with Crippen LogP contribution < -0.4 is 4.90 Å². The van der Waals surface area contributed by atoms with Gasteiger partial charge in [0, 0.05) is 30.4 Å². The number of nitrogens with zero attached hydrogens (tertiary/aromatic N) is 2. The second kappa shape index (κ2) is 6.10. The second-order valence-electron chi connectivity index (χ2n) is 5.99. The number of anilines is 1. The van der Waals surface area contributed by atoms with Crippen molar-refractivity contribution in [3.05, 3.63) is 29.1 Å². The van der Waals surface area contributed by atoms with Crippen molar-refractivity contribution in [2.24, 2.45) is 0 Å². The van der Waals surface area contributed by atoms with E-state index < -0.39 is 6.10 Å². The highest BCUT2D eigenvalue weighted by atomic mass is 19.1. The third kappa shape index (κ3) is 3.13. The smallest absolute Gasteiger partial charge is 0.126 e. The maximum atomic E-state index is 13.8. The largest absolute Gasteiger partial charge is 0.389 e. The number of hydrogen-bond acceptors (Lipinski definition) is 3. The van der Waals surface area contributed by atoms with Gasteiger partial charge in [-0.2, -0.15) is 0 Å². The summed E-state index contributed by atoms with van der Waals surface area (Å²) in [4.78, 5) is 4.63. The summed E-state index contributed by atoms with van der Waals surface area (Å²) in [7, 11) is 2.13. The van der Waals surface area contributed by atoms with Crippen molar-refractivity contribution < 1.29 is 9.50 Å². The molecule has 20 heavy (non-hydrogen) atoms. The number of benzene rings is 1. The highest BCUT2D eigenvalue weighted by Gasteiger charge is 2.24.